The Morgan fingerprint density at radius 2 is 2.18 bits per heavy atom. The van der Waals surface area contributed by atoms with Gasteiger partial charge in [0.2, 0.25) is 0 Å². The van der Waals surface area contributed by atoms with Crippen LogP contribution in [0.1, 0.15) is 19.5 Å². The van der Waals surface area contributed by atoms with Gasteiger partial charge in [-0.2, -0.15) is 0 Å². The van der Waals surface area contributed by atoms with Gasteiger partial charge in [0.25, 0.3) is 11.6 Å². The minimum Gasteiger partial charge on any atom is -0.369 e. The zero-order valence-corrected chi connectivity index (χ0v) is 12.6. The van der Waals surface area contributed by atoms with Gasteiger partial charge in [-0.05, 0) is 32.9 Å². The largest absolute Gasteiger partial charge is 0.369 e. The average Bonchev–Trinajstić information content (AvgIpc) is 2.46. The van der Waals surface area contributed by atoms with Gasteiger partial charge in [-0.1, -0.05) is 0 Å². The van der Waals surface area contributed by atoms with E-state index in [9.17, 15) is 14.9 Å². The molecule has 7 heteroatoms. The minimum atomic E-state index is -0.604. The number of nitro groups is 1. The molecule has 1 heterocycles. The van der Waals surface area contributed by atoms with E-state index < -0.39 is 11.0 Å². The maximum absolute atomic E-state index is 12.1. The molecule has 0 saturated heterocycles. The number of hydrogen-bond donors (Lipinski definition) is 1. The predicted octanol–water partition coefficient (Wildman–Crippen LogP) is 2.81. The number of aromatic nitrogens is 1. The molecule has 2 aromatic rings. The summed E-state index contributed by atoms with van der Waals surface area (Å²) in [6.07, 6.45) is -0.604. The van der Waals surface area contributed by atoms with Gasteiger partial charge >= 0.3 is 0 Å². The Morgan fingerprint density at radius 3 is 2.82 bits per heavy atom. The van der Waals surface area contributed by atoms with Gasteiger partial charge in [0.1, 0.15) is 6.10 Å². The predicted molar refractivity (Wildman–Crippen MR) is 82.9 cm³/mol. The average molecular weight is 303 g/mol. The highest BCUT2D eigenvalue weighted by molar-refractivity contribution is 6.03. The van der Waals surface area contributed by atoms with Crippen molar-refractivity contribution in [2.45, 2.75) is 26.9 Å². The molecule has 0 bridgehead atoms. The fourth-order valence-electron chi connectivity index (χ4n) is 2.12. The first kappa shape index (κ1) is 15.8. The molecule has 1 aromatic carbocycles. The standard InChI is InChI=1S/C15H17N3O4/c1-4-22-10(3)15(19)17-14-7-9(2)16-13-6-5-11(18(20)21)8-12(13)14/h5-8,10H,4H2,1-3H3,(H,16,17,19)/t10-/m0/s1. The van der Waals surface area contributed by atoms with Gasteiger partial charge in [0.15, 0.2) is 0 Å². The Morgan fingerprint density at radius 1 is 1.45 bits per heavy atom. The smallest absolute Gasteiger partial charge is 0.270 e. The second-order valence-corrected chi connectivity index (χ2v) is 4.86. The lowest BCUT2D eigenvalue weighted by molar-refractivity contribution is -0.384. The summed E-state index contributed by atoms with van der Waals surface area (Å²) in [5, 5.41) is 14.2. The van der Waals surface area contributed by atoms with E-state index in [1.165, 1.54) is 12.1 Å². The maximum Gasteiger partial charge on any atom is 0.270 e. The SMILES string of the molecule is CCO[C@@H](C)C(=O)Nc1cc(C)nc2ccc([N+](=O)[O-])cc12. The Balaban J connectivity index is 2.45. The van der Waals surface area contributed by atoms with E-state index in [-0.39, 0.29) is 11.6 Å². The first-order valence-corrected chi connectivity index (χ1v) is 6.90. The number of carbonyl (C=O) groups is 1. The monoisotopic (exact) mass is 303 g/mol. The molecule has 7 nitrogen and oxygen atoms in total. The van der Waals surface area contributed by atoms with Gasteiger partial charge in [0.05, 0.1) is 16.1 Å². The molecular weight excluding hydrogens is 286 g/mol. The number of nitrogens with one attached hydrogen (secondary N) is 1. The van der Waals surface area contributed by atoms with E-state index in [4.69, 9.17) is 4.74 Å². The second kappa shape index (κ2) is 6.48. The van der Waals surface area contributed by atoms with Crippen molar-refractivity contribution in [1.82, 2.24) is 4.98 Å². The Hall–Kier alpha value is -2.54. The molecule has 0 saturated carbocycles. The highest BCUT2D eigenvalue weighted by Crippen LogP contribution is 2.27. The topological polar surface area (TPSA) is 94.4 Å². The van der Waals surface area contributed by atoms with Crippen LogP contribution in [-0.2, 0) is 9.53 Å². The fraction of sp³-hybridized carbons (Fsp3) is 0.333. The van der Waals surface area contributed by atoms with Crippen LogP contribution in [0.15, 0.2) is 24.3 Å². The third kappa shape index (κ3) is 3.37. The van der Waals surface area contributed by atoms with Crippen LogP contribution < -0.4 is 5.32 Å². The third-order valence-corrected chi connectivity index (χ3v) is 3.17. The number of hydrogen-bond acceptors (Lipinski definition) is 5. The molecule has 1 aromatic heterocycles. The highest BCUT2D eigenvalue weighted by Gasteiger charge is 2.16. The van der Waals surface area contributed by atoms with Crippen molar-refractivity contribution in [3.8, 4) is 0 Å². The van der Waals surface area contributed by atoms with E-state index in [0.717, 1.165) is 0 Å². The van der Waals surface area contributed by atoms with Crippen molar-refractivity contribution < 1.29 is 14.5 Å². The van der Waals surface area contributed by atoms with Gasteiger partial charge in [-0.15, -0.1) is 0 Å². The van der Waals surface area contributed by atoms with Crippen LogP contribution in [0, 0.1) is 17.0 Å². The molecule has 1 N–H and O–H groups in total. The summed E-state index contributed by atoms with van der Waals surface area (Å²) in [5.74, 6) is -0.305. The lowest BCUT2D eigenvalue weighted by Crippen LogP contribution is -2.27. The van der Waals surface area contributed by atoms with Crippen LogP contribution >= 0.6 is 0 Å². The number of anilines is 1. The summed E-state index contributed by atoms with van der Waals surface area (Å²) in [6, 6.07) is 6.05. The normalized spacial score (nSPS) is 12.1. The molecule has 0 fully saturated rings. The van der Waals surface area contributed by atoms with Crippen LogP contribution in [0.5, 0.6) is 0 Å². The summed E-state index contributed by atoms with van der Waals surface area (Å²) >= 11 is 0. The third-order valence-electron chi connectivity index (χ3n) is 3.17. The number of carbonyl (C=O) groups excluding carboxylic acids is 1. The molecule has 0 radical (unpaired) electrons. The molecular formula is C15H17N3O4. The number of nitrogens with zero attached hydrogens (tertiary/aromatic N) is 2. The Kier molecular flexibility index (Phi) is 4.67. The number of nitro benzene ring substituents is 1. The molecule has 0 spiro atoms. The number of benzene rings is 1. The van der Waals surface area contributed by atoms with E-state index in [1.54, 1.807) is 32.9 Å². The number of ether oxygens (including phenoxy) is 1. The van der Waals surface area contributed by atoms with Crippen molar-refractivity contribution in [3.05, 3.63) is 40.1 Å². The first-order valence-electron chi connectivity index (χ1n) is 6.90. The van der Waals surface area contributed by atoms with Gasteiger partial charge in [-0.3, -0.25) is 19.9 Å². The quantitative estimate of drug-likeness (QED) is 0.677. The summed E-state index contributed by atoms with van der Waals surface area (Å²) in [7, 11) is 0. The van der Waals surface area contributed by atoms with Gasteiger partial charge in [-0.25, -0.2) is 0 Å². The zero-order chi connectivity index (χ0) is 16.3. The molecule has 1 amide bonds. The molecule has 116 valence electrons. The lowest BCUT2D eigenvalue weighted by atomic mass is 10.1. The van der Waals surface area contributed by atoms with E-state index in [1.807, 2.05) is 0 Å². The first-order chi connectivity index (χ1) is 10.4. The highest BCUT2D eigenvalue weighted by atomic mass is 16.6. The molecule has 0 aliphatic carbocycles. The zero-order valence-electron chi connectivity index (χ0n) is 12.6. The number of non-ortho nitro benzene ring substituents is 1. The van der Waals surface area contributed by atoms with Crippen molar-refractivity contribution in [1.29, 1.82) is 0 Å². The summed E-state index contributed by atoms with van der Waals surface area (Å²) in [5.41, 5.74) is 1.74. The van der Waals surface area contributed by atoms with Crippen molar-refractivity contribution in [3.63, 3.8) is 0 Å². The van der Waals surface area contributed by atoms with Crippen LogP contribution in [0.25, 0.3) is 10.9 Å². The Bertz CT molecular complexity index is 730. The molecule has 0 aliphatic rings. The van der Waals surface area contributed by atoms with Crippen LogP contribution in [0.2, 0.25) is 0 Å². The van der Waals surface area contributed by atoms with Crippen LogP contribution in [0.3, 0.4) is 0 Å². The molecule has 0 unspecified atom stereocenters. The summed E-state index contributed by atoms with van der Waals surface area (Å²) in [6.45, 7) is 5.68. The minimum absolute atomic E-state index is 0.0495. The summed E-state index contributed by atoms with van der Waals surface area (Å²) in [4.78, 5) is 26.8. The van der Waals surface area contributed by atoms with Crippen molar-refractivity contribution in [2.75, 3.05) is 11.9 Å². The van der Waals surface area contributed by atoms with Crippen LogP contribution in [0.4, 0.5) is 11.4 Å². The molecule has 1 atom stereocenters. The summed E-state index contributed by atoms with van der Waals surface area (Å²) < 4.78 is 5.24. The van der Waals surface area contributed by atoms with E-state index >= 15 is 0 Å². The number of amides is 1. The van der Waals surface area contributed by atoms with Gasteiger partial charge in [0, 0.05) is 29.8 Å². The number of fused-ring (bicyclic) bond motifs is 1. The number of pyridine rings is 1. The molecule has 22 heavy (non-hydrogen) atoms. The number of rotatable bonds is 5. The second-order valence-electron chi connectivity index (χ2n) is 4.86. The van der Waals surface area contributed by atoms with E-state index in [2.05, 4.69) is 10.3 Å². The maximum atomic E-state index is 12.1. The lowest BCUT2D eigenvalue weighted by Gasteiger charge is -2.14. The van der Waals surface area contributed by atoms with Gasteiger partial charge < -0.3 is 10.1 Å². The fourth-order valence-corrected chi connectivity index (χ4v) is 2.12. The molecule has 0 aliphatic heterocycles. The van der Waals surface area contributed by atoms with Crippen molar-refractivity contribution in [2.24, 2.45) is 0 Å². The molecule has 2 rings (SSSR count). The Labute approximate surface area is 127 Å². The van der Waals surface area contributed by atoms with E-state index in [0.29, 0.717) is 28.9 Å². The number of aryl methyl sites for hydroxylation is 1. The van der Waals surface area contributed by atoms with Crippen LogP contribution in [-0.4, -0.2) is 28.5 Å². The van der Waals surface area contributed by atoms with Crippen molar-refractivity contribution >= 4 is 28.2 Å².